The molecule has 230 valence electrons. The van der Waals surface area contributed by atoms with Gasteiger partial charge in [0, 0.05) is 30.0 Å². The van der Waals surface area contributed by atoms with E-state index in [2.05, 4.69) is 13.8 Å². The maximum atomic E-state index is 12.7. The molecule has 0 bridgehead atoms. The van der Waals surface area contributed by atoms with Crippen LogP contribution in [0, 0.1) is 5.92 Å². The van der Waals surface area contributed by atoms with E-state index in [-0.39, 0.29) is 30.5 Å². The van der Waals surface area contributed by atoms with Crippen molar-refractivity contribution in [3.63, 3.8) is 0 Å². The molecular formula is C35H50N2O5. The number of anilines is 2. The van der Waals surface area contributed by atoms with Crippen molar-refractivity contribution in [2.75, 3.05) is 24.7 Å². The van der Waals surface area contributed by atoms with Gasteiger partial charge in [0.25, 0.3) is 0 Å². The number of carbonyl (C=O) groups excluding carboxylic acids is 2. The van der Waals surface area contributed by atoms with Crippen molar-refractivity contribution in [2.45, 2.75) is 103 Å². The summed E-state index contributed by atoms with van der Waals surface area (Å²) in [4.78, 5) is 25.2. The molecule has 0 heterocycles. The number of carbonyl (C=O) groups is 2. The largest absolute Gasteiger partial charge is 0.462 e. The van der Waals surface area contributed by atoms with Crippen molar-refractivity contribution in [1.29, 1.82) is 0 Å². The zero-order chi connectivity index (χ0) is 30.2. The van der Waals surface area contributed by atoms with E-state index >= 15 is 0 Å². The van der Waals surface area contributed by atoms with Crippen LogP contribution in [0.2, 0.25) is 0 Å². The molecule has 0 radical (unpaired) electrons. The van der Waals surface area contributed by atoms with E-state index in [1.54, 1.807) is 24.3 Å². The van der Waals surface area contributed by atoms with Gasteiger partial charge in [-0.25, -0.2) is 4.79 Å². The van der Waals surface area contributed by atoms with Crippen LogP contribution in [0.4, 0.5) is 11.4 Å². The molecular weight excluding hydrogens is 528 g/mol. The molecule has 1 aliphatic rings. The molecule has 1 atom stereocenters. The number of rotatable bonds is 17. The highest BCUT2D eigenvalue weighted by molar-refractivity contribution is 5.87. The van der Waals surface area contributed by atoms with E-state index in [1.807, 2.05) is 24.3 Å². The Balaban J connectivity index is 1.40. The molecule has 1 fully saturated rings. The van der Waals surface area contributed by atoms with Gasteiger partial charge in [0.1, 0.15) is 5.75 Å². The summed E-state index contributed by atoms with van der Waals surface area (Å²) >= 11 is 0. The quantitative estimate of drug-likeness (QED) is 0.0646. The normalized spacial score (nSPS) is 17.7. The van der Waals surface area contributed by atoms with Crippen molar-refractivity contribution >= 4 is 29.4 Å². The second kappa shape index (κ2) is 18.3. The number of hydrogen-bond donors (Lipinski definition) is 2. The number of ether oxygens (including phenoxy) is 3. The molecule has 0 spiro atoms. The van der Waals surface area contributed by atoms with E-state index in [0.29, 0.717) is 17.1 Å². The third-order valence-electron chi connectivity index (χ3n) is 7.92. The molecule has 7 nitrogen and oxygen atoms in total. The van der Waals surface area contributed by atoms with Crippen molar-refractivity contribution in [3.05, 3.63) is 59.7 Å². The summed E-state index contributed by atoms with van der Waals surface area (Å²) in [6, 6.07) is 12.6. The van der Waals surface area contributed by atoms with Crippen LogP contribution in [-0.2, 0) is 19.1 Å². The molecule has 1 unspecified atom stereocenters. The minimum Gasteiger partial charge on any atom is -0.462 e. The van der Waals surface area contributed by atoms with Gasteiger partial charge in [-0.05, 0) is 86.1 Å². The Morgan fingerprint density at radius 1 is 0.881 bits per heavy atom. The number of hydrogen-bond acceptors (Lipinski definition) is 7. The second-order valence-corrected chi connectivity index (χ2v) is 11.5. The topological polar surface area (TPSA) is 114 Å². The number of nitrogens with two attached hydrogens (primary N) is 2. The van der Waals surface area contributed by atoms with Crippen molar-refractivity contribution < 1.29 is 23.8 Å². The molecule has 4 N–H and O–H groups in total. The Hall–Kier alpha value is -3.32. The monoisotopic (exact) mass is 578 g/mol. The van der Waals surface area contributed by atoms with Crippen molar-refractivity contribution in [1.82, 2.24) is 0 Å². The molecule has 3 rings (SSSR count). The molecule has 1 saturated carbocycles. The van der Waals surface area contributed by atoms with E-state index in [1.165, 1.54) is 31.8 Å². The summed E-state index contributed by atoms with van der Waals surface area (Å²) in [5.74, 6) is -0.150. The van der Waals surface area contributed by atoms with Crippen LogP contribution in [0.5, 0.6) is 5.75 Å². The predicted molar refractivity (Wildman–Crippen MR) is 170 cm³/mol. The zero-order valence-corrected chi connectivity index (χ0v) is 25.5. The van der Waals surface area contributed by atoms with Gasteiger partial charge in [0.2, 0.25) is 0 Å². The molecule has 1 aliphatic carbocycles. The Bertz CT molecular complexity index is 1100. The molecule has 0 aliphatic heterocycles. The third-order valence-corrected chi connectivity index (χ3v) is 7.92. The molecule has 0 amide bonds. The van der Waals surface area contributed by atoms with Gasteiger partial charge in [0.05, 0.1) is 18.6 Å². The van der Waals surface area contributed by atoms with Gasteiger partial charge in [0.15, 0.2) is 0 Å². The van der Waals surface area contributed by atoms with Crippen LogP contribution in [0.25, 0.3) is 6.08 Å². The lowest BCUT2D eigenvalue weighted by Crippen LogP contribution is -2.29. The van der Waals surface area contributed by atoms with Gasteiger partial charge in [-0.3, -0.25) is 4.79 Å². The minimum atomic E-state index is -0.417. The lowest BCUT2D eigenvalue weighted by molar-refractivity contribution is -0.141. The Labute approximate surface area is 252 Å². The fraction of sp³-hybridized carbons (Fsp3) is 0.543. The Morgan fingerprint density at radius 2 is 1.55 bits per heavy atom. The fourth-order valence-corrected chi connectivity index (χ4v) is 5.40. The number of unbranched alkanes of at least 4 members (excludes halogenated alkanes) is 5. The smallest absolute Gasteiger partial charge is 0.330 e. The average molecular weight is 579 g/mol. The third kappa shape index (κ3) is 11.9. The molecule has 7 heteroatoms. The van der Waals surface area contributed by atoms with Gasteiger partial charge >= 0.3 is 11.9 Å². The van der Waals surface area contributed by atoms with Crippen LogP contribution < -0.4 is 16.2 Å². The first-order chi connectivity index (χ1) is 20.4. The minimum absolute atomic E-state index is 0.0324. The molecule has 0 aromatic heterocycles. The van der Waals surface area contributed by atoms with E-state index in [4.69, 9.17) is 25.7 Å². The first-order valence-corrected chi connectivity index (χ1v) is 15.8. The summed E-state index contributed by atoms with van der Waals surface area (Å²) in [5, 5.41) is 0. The molecule has 2 aromatic rings. The maximum Gasteiger partial charge on any atom is 0.330 e. The average Bonchev–Trinajstić information content (AvgIpc) is 2.98. The first kappa shape index (κ1) is 33.2. The number of nitrogen functional groups attached to an aromatic ring is 2. The second-order valence-electron chi connectivity index (χ2n) is 11.5. The first-order valence-electron chi connectivity index (χ1n) is 15.8. The summed E-state index contributed by atoms with van der Waals surface area (Å²) < 4.78 is 17.2. The highest BCUT2D eigenvalue weighted by Gasteiger charge is 2.28. The van der Waals surface area contributed by atoms with Crippen LogP contribution in [0.1, 0.15) is 108 Å². The molecule has 42 heavy (non-hydrogen) atoms. The van der Waals surface area contributed by atoms with Crippen LogP contribution in [-0.4, -0.2) is 31.3 Å². The van der Waals surface area contributed by atoms with Gasteiger partial charge in [-0.1, -0.05) is 64.5 Å². The zero-order valence-electron chi connectivity index (χ0n) is 25.5. The van der Waals surface area contributed by atoms with Crippen LogP contribution in [0.3, 0.4) is 0 Å². The number of esters is 2. The summed E-state index contributed by atoms with van der Waals surface area (Å²) in [5.41, 5.74) is 14.9. The lowest BCUT2D eigenvalue weighted by atomic mass is 9.87. The molecule has 0 saturated heterocycles. The fourth-order valence-electron chi connectivity index (χ4n) is 5.40. The maximum absolute atomic E-state index is 12.7. The Kier molecular flexibility index (Phi) is 14.4. The van der Waals surface area contributed by atoms with Gasteiger partial charge < -0.3 is 25.7 Å². The van der Waals surface area contributed by atoms with E-state index in [0.717, 1.165) is 69.1 Å². The van der Waals surface area contributed by atoms with Gasteiger partial charge in [-0.15, -0.1) is 0 Å². The highest BCUT2D eigenvalue weighted by Crippen LogP contribution is 2.29. The van der Waals surface area contributed by atoms with Crippen LogP contribution >= 0.6 is 0 Å². The summed E-state index contributed by atoms with van der Waals surface area (Å²) in [6.07, 6.45) is 15.9. The standard InChI is InChI=1S/C35H50N2O5/c1-3-5-7-8-9-21-40-32-18-14-27(15-19-32)35(39)42-33-16-11-26(12-17-33)13-20-34(38)41-25-28(10-6-4-2)29-22-30(36)24-31(37)23-29/h11-13,16-17,20,22-24,27-28,32H,3-10,14-15,18-19,21,25,36-37H2,1-2H3/b20-13+. The van der Waals surface area contributed by atoms with Crippen molar-refractivity contribution in [3.8, 4) is 5.75 Å². The van der Waals surface area contributed by atoms with Crippen LogP contribution in [0.15, 0.2) is 48.5 Å². The van der Waals surface area contributed by atoms with E-state index in [9.17, 15) is 9.59 Å². The summed E-state index contributed by atoms with van der Waals surface area (Å²) in [6.45, 7) is 5.43. The summed E-state index contributed by atoms with van der Waals surface area (Å²) in [7, 11) is 0. The SMILES string of the molecule is CCCCCCCOC1CCC(C(=O)Oc2ccc(/C=C/C(=O)OCC(CCCC)c3cc(N)cc(N)c3)cc2)CC1. The van der Waals surface area contributed by atoms with Crippen molar-refractivity contribution in [2.24, 2.45) is 5.92 Å². The number of benzene rings is 2. The van der Waals surface area contributed by atoms with Gasteiger partial charge in [-0.2, -0.15) is 0 Å². The predicted octanol–water partition coefficient (Wildman–Crippen LogP) is 7.83. The Morgan fingerprint density at radius 3 is 2.21 bits per heavy atom. The highest BCUT2D eigenvalue weighted by atomic mass is 16.5. The molecule has 2 aromatic carbocycles. The van der Waals surface area contributed by atoms with E-state index < -0.39 is 5.97 Å². The lowest BCUT2D eigenvalue weighted by Gasteiger charge is -2.27.